The summed E-state index contributed by atoms with van der Waals surface area (Å²) in [6.07, 6.45) is 1.70. The van der Waals surface area contributed by atoms with E-state index in [1.165, 1.54) is 6.07 Å². The molecule has 2 heterocycles. The molecule has 17 heavy (non-hydrogen) atoms. The minimum Gasteiger partial charge on any atom is -0.315 e. The summed E-state index contributed by atoms with van der Waals surface area (Å²) in [4.78, 5) is 8.68. The molecule has 1 aliphatic rings. The second kappa shape index (κ2) is 4.22. The van der Waals surface area contributed by atoms with Crippen molar-refractivity contribution in [1.29, 1.82) is 0 Å². The first kappa shape index (κ1) is 10.4. The molecule has 3 nitrogen and oxygen atoms in total. The van der Waals surface area contributed by atoms with Crippen molar-refractivity contribution in [1.82, 2.24) is 15.3 Å². The average molecular weight is 229 g/mol. The maximum absolute atomic E-state index is 13.6. The Kier molecular flexibility index (Phi) is 2.57. The molecule has 3 rings (SSSR count). The van der Waals surface area contributed by atoms with Crippen LogP contribution in [-0.4, -0.2) is 23.1 Å². The summed E-state index contributed by atoms with van der Waals surface area (Å²) >= 11 is 0. The summed E-state index contributed by atoms with van der Waals surface area (Å²) in [7, 11) is 0. The highest BCUT2D eigenvalue weighted by atomic mass is 19.1. The van der Waals surface area contributed by atoms with Gasteiger partial charge in [0.1, 0.15) is 11.6 Å². The number of nitrogens with one attached hydrogen (secondary N) is 1. The van der Waals surface area contributed by atoms with Gasteiger partial charge in [-0.05, 0) is 18.2 Å². The molecule has 4 heteroatoms. The lowest BCUT2D eigenvalue weighted by Gasteiger charge is -2.25. The average Bonchev–Trinajstić information content (AvgIpc) is 2.28. The normalized spacial score (nSPS) is 15.6. The molecule has 0 atom stereocenters. The van der Waals surface area contributed by atoms with Gasteiger partial charge >= 0.3 is 0 Å². The molecule has 86 valence electrons. The fourth-order valence-corrected chi connectivity index (χ4v) is 1.86. The number of hydrogen-bond donors (Lipinski definition) is 1. The fourth-order valence-electron chi connectivity index (χ4n) is 1.86. The quantitative estimate of drug-likeness (QED) is 0.855. The number of aromatic nitrogens is 2. The Balaban J connectivity index is 2.00. The van der Waals surface area contributed by atoms with Crippen molar-refractivity contribution in [3.63, 3.8) is 0 Å². The van der Waals surface area contributed by atoms with Crippen LogP contribution in [0.5, 0.6) is 0 Å². The van der Waals surface area contributed by atoms with Crippen molar-refractivity contribution in [2.45, 2.75) is 5.92 Å². The fraction of sp³-hybridized carbons (Fsp3) is 0.231. The smallest absolute Gasteiger partial charge is 0.134 e. The highest BCUT2D eigenvalue weighted by Crippen LogP contribution is 2.22. The highest BCUT2D eigenvalue weighted by Gasteiger charge is 2.22. The Morgan fingerprint density at radius 1 is 1.18 bits per heavy atom. The lowest BCUT2D eigenvalue weighted by molar-refractivity contribution is 0.430. The zero-order valence-electron chi connectivity index (χ0n) is 9.23. The van der Waals surface area contributed by atoms with Gasteiger partial charge in [0, 0.05) is 30.8 Å². The lowest BCUT2D eigenvalue weighted by Crippen LogP contribution is -2.40. The lowest BCUT2D eigenvalue weighted by atomic mass is 10.0. The maximum Gasteiger partial charge on any atom is 0.134 e. The molecule has 2 aromatic rings. The molecule has 0 radical (unpaired) electrons. The van der Waals surface area contributed by atoms with Gasteiger partial charge in [-0.1, -0.05) is 12.1 Å². The molecule has 0 saturated carbocycles. The molecule has 0 bridgehead atoms. The molecular weight excluding hydrogens is 217 g/mol. The number of nitrogens with zero attached hydrogens (tertiary/aromatic N) is 2. The van der Waals surface area contributed by atoms with Gasteiger partial charge in [-0.3, -0.25) is 0 Å². The van der Waals surface area contributed by atoms with Crippen LogP contribution in [-0.2, 0) is 0 Å². The third-order valence-corrected chi connectivity index (χ3v) is 2.97. The van der Waals surface area contributed by atoms with Crippen molar-refractivity contribution in [3.05, 3.63) is 48.2 Å². The molecular formula is C13H12FN3. The van der Waals surface area contributed by atoms with Crippen molar-refractivity contribution >= 4 is 0 Å². The summed E-state index contributed by atoms with van der Waals surface area (Å²) in [5.74, 6) is 0.912. The largest absolute Gasteiger partial charge is 0.315 e. The molecule has 1 N–H and O–H groups in total. The Hall–Kier alpha value is -1.81. The monoisotopic (exact) mass is 229 g/mol. The van der Waals surface area contributed by atoms with Crippen molar-refractivity contribution in [2.24, 2.45) is 0 Å². The van der Waals surface area contributed by atoms with Crippen molar-refractivity contribution in [2.75, 3.05) is 13.1 Å². The topological polar surface area (TPSA) is 37.8 Å². The molecule has 1 fully saturated rings. The van der Waals surface area contributed by atoms with Gasteiger partial charge in [-0.15, -0.1) is 0 Å². The maximum atomic E-state index is 13.6. The van der Waals surface area contributed by atoms with Crippen LogP contribution in [0.4, 0.5) is 4.39 Å². The molecule has 0 aliphatic carbocycles. The number of benzene rings is 1. The summed E-state index contributed by atoms with van der Waals surface area (Å²) in [5.41, 5.74) is 1.18. The second-order valence-corrected chi connectivity index (χ2v) is 4.14. The van der Waals surface area contributed by atoms with Crippen LogP contribution < -0.4 is 5.32 Å². The first-order chi connectivity index (χ1) is 8.34. The van der Waals surface area contributed by atoms with E-state index in [9.17, 15) is 4.39 Å². The van der Waals surface area contributed by atoms with Crippen LogP contribution in [0, 0.1) is 5.82 Å². The first-order valence-electron chi connectivity index (χ1n) is 5.63. The Morgan fingerprint density at radius 3 is 2.71 bits per heavy atom. The Labute approximate surface area is 98.7 Å². The third kappa shape index (κ3) is 1.91. The first-order valence-corrected chi connectivity index (χ1v) is 5.63. The van der Waals surface area contributed by atoms with Gasteiger partial charge in [-0.2, -0.15) is 0 Å². The van der Waals surface area contributed by atoms with E-state index in [0.717, 1.165) is 18.9 Å². The summed E-state index contributed by atoms with van der Waals surface area (Å²) in [6, 6.07) is 8.42. The number of hydrogen-bond acceptors (Lipinski definition) is 3. The van der Waals surface area contributed by atoms with Gasteiger partial charge in [-0.25, -0.2) is 14.4 Å². The second-order valence-electron chi connectivity index (χ2n) is 4.14. The molecule has 1 saturated heterocycles. The predicted octanol–water partition coefficient (Wildman–Crippen LogP) is 1.97. The third-order valence-electron chi connectivity index (χ3n) is 2.97. The molecule has 1 aliphatic heterocycles. The highest BCUT2D eigenvalue weighted by molar-refractivity contribution is 5.59. The van der Waals surface area contributed by atoms with Gasteiger partial charge in [0.2, 0.25) is 0 Å². The van der Waals surface area contributed by atoms with Crippen molar-refractivity contribution in [3.8, 4) is 11.3 Å². The van der Waals surface area contributed by atoms with Crippen LogP contribution in [0.1, 0.15) is 11.7 Å². The zero-order chi connectivity index (χ0) is 11.7. The van der Waals surface area contributed by atoms with Gasteiger partial charge in [0.05, 0.1) is 5.69 Å². The number of rotatable bonds is 2. The van der Waals surface area contributed by atoms with Gasteiger partial charge in [0.15, 0.2) is 0 Å². The van der Waals surface area contributed by atoms with E-state index in [1.807, 2.05) is 6.07 Å². The van der Waals surface area contributed by atoms with E-state index < -0.39 is 0 Å². The minimum atomic E-state index is -0.246. The van der Waals surface area contributed by atoms with Crippen LogP contribution in [0.2, 0.25) is 0 Å². The van der Waals surface area contributed by atoms with Crippen LogP contribution in [0.15, 0.2) is 36.5 Å². The molecule has 0 amide bonds. The van der Waals surface area contributed by atoms with Gasteiger partial charge in [0.25, 0.3) is 0 Å². The van der Waals surface area contributed by atoms with E-state index in [-0.39, 0.29) is 5.82 Å². The molecule has 1 aromatic heterocycles. The minimum absolute atomic E-state index is 0.246. The van der Waals surface area contributed by atoms with E-state index in [1.54, 1.807) is 24.4 Å². The Morgan fingerprint density at radius 2 is 2.00 bits per heavy atom. The summed E-state index contributed by atoms with van der Waals surface area (Å²) < 4.78 is 13.6. The van der Waals surface area contributed by atoms with E-state index in [2.05, 4.69) is 15.3 Å². The van der Waals surface area contributed by atoms with Crippen LogP contribution in [0.25, 0.3) is 11.3 Å². The molecule has 0 spiro atoms. The summed E-state index contributed by atoms with van der Waals surface area (Å²) in [6.45, 7) is 1.81. The SMILES string of the molecule is Fc1ccccc1-c1ccnc(C2CNC2)n1. The van der Waals surface area contributed by atoms with Crippen LogP contribution >= 0.6 is 0 Å². The summed E-state index contributed by atoms with van der Waals surface area (Å²) in [5, 5.41) is 3.18. The standard InChI is InChI=1S/C13H12FN3/c14-11-4-2-1-3-10(11)12-5-6-16-13(17-12)9-7-15-8-9/h1-6,9,15H,7-8H2. The molecule has 0 unspecified atom stereocenters. The van der Waals surface area contributed by atoms with E-state index >= 15 is 0 Å². The van der Waals surface area contributed by atoms with E-state index in [4.69, 9.17) is 0 Å². The zero-order valence-corrected chi connectivity index (χ0v) is 9.23. The predicted molar refractivity (Wildman–Crippen MR) is 63.0 cm³/mol. The molecule has 1 aromatic carbocycles. The van der Waals surface area contributed by atoms with Crippen molar-refractivity contribution < 1.29 is 4.39 Å². The number of halogens is 1. The van der Waals surface area contributed by atoms with Gasteiger partial charge < -0.3 is 5.32 Å². The van der Waals surface area contributed by atoms with Crippen LogP contribution in [0.3, 0.4) is 0 Å². The Bertz CT molecular complexity index is 538. The van der Waals surface area contributed by atoms with E-state index in [0.29, 0.717) is 17.2 Å².